The van der Waals surface area contributed by atoms with Crippen LogP contribution in [0.4, 0.5) is 10.8 Å². The van der Waals surface area contributed by atoms with Gasteiger partial charge in [0.1, 0.15) is 5.82 Å². The number of anilines is 2. The van der Waals surface area contributed by atoms with Crippen molar-refractivity contribution < 1.29 is 4.79 Å². The number of hydrogen-bond donors (Lipinski definition) is 1. The summed E-state index contributed by atoms with van der Waals surface area (Å²) in [6.45, 7) is 3.79. The van der Waals surface area contributed by atoms with Crippen LogP contribution in [0.1, 0.15) is 25.6 Å². The molecular weight excluding hydrogens is 296 g/mol. The highest BCUT2D eigenvalue weighted by Gasteiger charge is 2.26. The van der Waals surface area contributed by atoms with Gasteiger partial charge in [-0.3, -0.25) is 4.79 Å². The van der Waals surface area contributed by atoms with Crippen LogP contribution < -0.4 is 10.2 Å². The molecule has 3 rings (SSSR count). The molecule has 1 aliphatic rings. The molecule has 2 heterocycles. The van der Waals surface area contributed by atoms with Crippen molar-refractivity contribution in [1.29, 1.82) is 0 Å². The Kier molecular flexibility index (Phi) is 4.68. The predicted molar refractivity (Wildman–Crippen MR) is 89.3 cm³/mol. The second-order valence-corrected chi connectivity index (χ2v) is 6.19. The maximum absolute atomic E-state index is 12.3. The summed E-state index contributed by atoms with van der Waals surface area (Å²) in [7, 11) is 0. The van der Waals surface area contributed by atoms with Crippen LogP contribution in [-0.4, -0.2) is 28.4 Å². The van der Waals surface area contributed by atoms with Crippen molar-refractivity contribution in [2.75, 3.05) is 23.3 Å². The lowest BCUT2D eigenvalue weighted by Gasteiger charge is -2.30. The molecule has 0 spiro atoms. The van der Waals surface area contributed by atoms with E-state index in [-0.39, 0.29) is 11.8 Å². The summed E-state index contributed by atoms with van der Waals surface area (Å²) in [5.41, 5.74) is 0.867. The van der Waals surface area contributed by atoms with Crippen LogP contribution in [0.5, 0.6) is 0 Å². The minimum atomic E-state index is 0.0787. The maximum atomic E-state index is 12.3. The van der Waals surface area contributed by atoms with E-state index in [4.69, 9.17) is 0 Å². The second kappa shape index (κ2) is 6.87. The number of nitrogens with one attached hydrogen (secondary N) is 1. The van der Waals surface area contributed by atoms with E-state index in [1.54, 1.807) is 0 Å². The first-order valence-electron chi connectivity index (χ1n) is 7.69. The normalized spacial score (nSPS) is 15.8. The second-order valence-electron chi connectivity index (χ2n) is 5.46. The molecule has 0 radical (unpaired) electrons. The average Bonchev–Trinajstić information content (AvgIpc) is 3.05. The zero-order valence-corrected chi connectivity index (χ0v) is 13.5. The van der Waals surface area contributed by atoms with Gasteiger partial charge in [0.25, 0.3) is 0 Å². The summed E-state index contributed by atoms with van der Waals surface area (Å²) in [5.74, 6) is 1.11. The molecule has 1 amide bonds. The number of carbonyl (C=O) groups is 1. The third-order valence-corrected chi connectivity index (χ3v) is 4.77. The fraction of sp³-hybridized carbons (Fsp3) is 0.438. The zero-order chi connectivity index (χ0) is 15.4. The van der Waals surface area contributed by atoms with Crippen LogP contribution in [0.3, 0.4) is 0 Å². The van der Waals surface area contributed by atoms with Gasteiger partial charge in [-0.1, -0.05) is 25.1 Å². The molecule has 1 aliphatic heterocycles. The van der Waals surface area contributed by atoms with Gasteiger partial charge in [-0.05, 0) is 25.0 Å². The maximum Gasteiger partial charge on any atom is 0.227 e. The molecule has 1 saturated heterocycles. The molecule has 0 unspecified atom stereocenters. The third-order valence-electron chi connectivity index (χ3n) is 3.95. The first-order chi connectivity index (χ1) is 10.8. The van der Waals surface area contributed by atoms with Gasteiger partial charge in [0.05, 0.1) is 0 Å². The van der Waals surface area contributed by atoms with Gasteiger partial charge in [0, 0.05) is 42.6 Å². The number of amides is 1. The number of benzene rings is 1. The van der Waals surface area contributed by atoms with Crippen LogP contribution in [0, 0.1) is 5.92 Å². The molecule has 0 bridgehead atoms. The third kappa shape index (κ3) is 3.44. The Bertz CT molecular complexity index is 620. The van der Waals surface area contributed by atoms with Gasteiger partial charge >= 0.3 is 0 Å². The van der Waals surface area contributed by atoms with Gasteiger partial charge in [-0.25, -0.2) is 4.98 Å². The molecule has 0 saturated carbocycles. The number of carbonyl (C=O) groups excluding carboxylic acids is 1. The van der Waals surface area contributed by atoms with E-state index >= 15 is 0 Å². The molecule has 1 aromatic heterocycles. The largest absolute Gasteiger partial charge is 0.347 e. The number of piperidine rings is 1. The van der Waals surface area contributed by atoms with Crippen LogP contribution in [0.15, 0.2) is 30.3 Å². The summed E-state index contributed by atoms with van der Waals surface area (Å²) in [4.78, 5) is 19.1. The molecule has 1 N–H and O–H groups in total. The van der Waals surface area contributed by atoms with E-state index in [2.05, 4.69) is 26.5 Å². The summed E-state index contributed by atoms with van der Waals surface area (Å²) in [6.07, 6.45) is 2.59. The number of nitrogens with zero attached hydrogens (tertiary/aromatic N) is 3. The quantitative estimate of drug-likeness (QED) is 0.942. The minimum Gasteiger partial charge on any atom is -0.347 e. The molecule has 0 aliphatic carbocycles. The number of rotatable bonds is 4. The number of aromatic nitrogens is 2. The van der Waals surface area contributed by atoms with Crippen molar-refractivity contribution in [2.45, 2.75) is 26.2 Å². The Balaban J connectivity index is 1.54. The highest BCUT2D eigenvalue weighted by Crippen LogP contribution is 2.25. The Morgan fingerprint density at radius 3 is 2.68 bits per heavy atom. The van der Waals surface area contributed by atoms with Crippen molar-refractivity contribution in [1.82, 2.24) is 9.36 Å². The molecule has 6 heteroatoms. The van der Waals surface area contributed by atoms with Crippen LogP contribution in [0.2, 0.25) is 0 Å². The number of aryl methyl sites for hydroxylation is 1. The first-order valence-corrected chi connectivity index (χ1v) is 8.47. The highest BCUT2D eigenvalue weighted by molar-refractivity contribution is 7.09. The summed E-state index contributed by atoms with van der Waals surface area (Å²) in [5, 5.41) is 3.98. The lowest BCUT2D eigenvalue weighted by molar-refractivity contribution is -0.120. The topological polar surface area (TPSA) is 58.1 Å². The standard InChI is InChI=1S/C16H20N4OS/c1-2-14-18-16(22-19-14)20-10-8-12(9-11-20)15(21)17-13-6-4-3-5-7-13/h3-7,12H,2,8-11H2,1H3,(H,17,21). The molecule has 0 atom stereocenters. The van der Waals surface area contributed by atoms with Crippen LogP contribution in [0.25, 0.3) is 0 Å². The van der Waals surface area contributed by atoms with E-state index in [9.17, 15) is 4.79 Å². The number of para-hydroxylation sites is 1. The van der Waals surface area contributed by atoms with E-state index < -0.39 is 0 Å². The fourth-order valence-corrected chi connectivity index (χ4v) is 3.42. The molecule has 5 nitrogen and oxygen atoms in total. The number of hydrogen-bond acceptors (Lipinski definition) is 5. The van der Waals surface area contributed by atoms with Gasteiger partial charge in [-0.2, -0.15) is 4.37 Å². The smallest absolute Gasteiger partial charge is 0.227 e. The molecule has 116 valence electrons. The van der Waals surface area contributed by atoms with Crippen molar-refractivity contribution in [3.8, 4) is 0 Å². The zero-order valence-electron chi connectivity index (χ0n) is 12.7. The predicted octanol–water partition coefficient (Wildman–Crippen LogP) is 2.96. The highest BCUT2D eigenvalue weighted by atomic mass is 32.1. The summed E-state index contributed by atoms with van der Waals surface area (Å²) in [6, 6.07) is 9.64. The molecule has 2 aromatic rings. The van der Waals surface area contributed by atoms with Crippen molar-refractivity contribution in [3.63, 3.8) is 0 Å². The summed E-state index contributed by atoms with van der Waals surface area (Å²) >= 11 is 1.46. The molecule has 1 fully saturated rings. The van der Waals surface area contributed by atoms with Gasteiger partial charge in [-0.15, -0.1) is 0 Å². The fourth-order valence-electron chi connectivity index (χ4n) is 2.62. The van der Waals surface area contributed by atoms with Crippen LogP contribution in [-0.2, 0) is 11.2 Å². The molecule has 1 aromatic carbocycles. The van der Waals surface area contributed by atoms with E-state index in [1.165, 1.54) is 11.5 Å². The lowest BCUT2D eigenvalue weighted by atomic mass is 9.96. The minimum absolute atomic E-state index is 0.0787. The van der Waals surface area contributed by atoms with E-state index in [1.807, 2.05) is 30.3 Å². The van der Waals surface area contributed by atoms with Gasteiger partial charge in [0.2, 0.25) is 11.0 Å². The first kappa shape index (κ1) is 15.0. The van der Waals surface area contributed by atoms with Crippen molar-refractivity contribution >= 4 is 28.3 Å². The molecule has 22 heavy (non-hydrogen) atoms. The molecular formula is C16H20N4OS. The Labute approximate surface area is 134 Å². The Hall–Kier alpha value is -1.95. The van der Waals surface area contributed by atoms with Crippen LogP contribution >= 0.6 is 11.5 Å². The Morgan fingerprint density at radius 1 is 1.32 bits per heavy atom. The van der Waals surface area contributed by atoms with Gasteiger partial charge in [0.15, 0.2) is 0 Å². The lowest BCUT2D eigenvalue weighted by Crippen LogP contribution is -2.38. The SMILES string of the molecule is CCc1nsc(N2CCC(C(=O)Nc3ccccc3)CC2)n1. The van der Waals surface area contributed by atoms with Gasteiger partial charge < -0.3 is 10.2 Å². The van der Waals surface area contributed by atoms with Crippen molar-refractivity contribution in [3.05, 3.63) is 36.2 Å². The average molecular weight is 316 g/mol. The van der Waals surface area contributed by atoms with E-state index in [0.717, 1.165) is 49.0 Å². The Morgan fingerprint density at radius 2 is 2.05 bits per heavy atom. The van der Waals surface area contributed by atoms with E-state index in [0.29, 0.717) is 0 Å². The van der Waals surface area contributed by atoms with Crippen molar-refractivity contribution in [2.24, 2.45) is 5.92 Å². The monoisotopic (exact) mass is 316 g/mol. The summed E-state index contributed by atoms with van der Waals surface area (Å²) < 4.78 is 4.33.